The SMILES string of the molecule is COc1ccc(-c2nc(SC(C)C(=O)N(CCC#N)c3ccccc3)n[nH]2)c(OC)c1. The summed E-state index contributed by atoms with van der Waals surface area (Å²) in [4.78, 5) is 19.2. The first-order chi connectivity index (χ1) is 15.1. The third kappa shape index (κ3) is 5.35. The zero-order valence-corrected chi connectivity index (χ0v) is 18.3. The van der Waals surface area contributed by atoms with Crippen molar-refractivity contribution in [2.75, 3.05) is 25.7 Å². The van der Waals surface area contributed by atoms with Gasteiger partial charge in [-0.05, 0) is 31.2 Å². The molecule has 3 aromatic rings. The Morgan fingerprint density at radius 3 is 2.68 bits per heavy atom. The zero-order valence-electron chi connectivity index (χ0n) is 17.5. The fraction of sp³-hybridized carbons (Fsp3) is 0.273. The molecule has 8 nitrogen and oxygen atoms in total. The van der Waals surface area contributed by atoms with Crippen LogP contribution in [-0.4, -0.2) is 47.1 Å². The predicted octanol–water partition coefficient (Wildman–Crippen LogP) is 3.92. The number of nitrogens with one attached hydrogen (secondary N) is 1. The van der Waals surface area contributed by atoms with Crippen LogP contribution in [0.25, 0.3) is 11.4 Å². The molecule has 160 valence electrons. The van der Waals surface area contributed by atoms with E-state index in [4.69, 9.17) is 14.7 Å². The van der Waals surface area contributed by atoms with Crippen molar-refractivity contribution < 1.29 is 14.3 Å². The van der Waals surface area contributed by atoms with Gasteiger partial charge in [-0.1, -0.05) is 30.0 Å². The Bertz CT molecular complexity index is 1060. The van der Waals surface area contributed by atoms with Crippen LogP contribution in [0.1, 0.15) is 13.3 Å². The normalized spacial score (nSPS) is 11.4. The van der Waals surface area contributed by atoms with E-state index in [2.05, 4.69) is 21.3 Å². The first-order valence-corrected chi connectivity index (χ1v) is 10.5. The highest BCUT2D eigenvalue weighted by atomic mass is 32.2. The Balaban J connectivity index is 1.76. The number of anilines is 1. The van der Waals surface area contributed by atoms with Crippen molar-refractivity contribution >= 4 is 23.4 Å². The molecular formula is C22H23N5O3S. The number of aromatic amines is 1. The molecule has 0 fully saturated rings. The number of ether oxygens (including phenoxy) is 2. The summed E-state index contributed by atoms with van der Waals surface area (Å²) >= 11 is 1.25. The molecule has 0 aliphatic heterocycles. The predicted molar refractivity (Wildman–Crippen MR) is 119 cm³/mol. The van der Waals surface area contributed by atoms with Crippen LogP contribution in [0.15, 0.2) is 53.7 Å². The maximum absolute atomic E-state index is 13.1. The molecule has 0 aliphatic carbocycles. The third-order valence-corrected chi connectivity index (χ3v) is 5.49. The second kappa shape index (κ2) is 10.5. The van der Waals surface area contributed by atoms with Crippen LogP contribution in [0.2, 0.25) is 0 Å². The molecule has 0 saturated heterocycles. The van der Waals surface area contributed by atoms with Gasteiger partial charge in [-0.3, -0.25) is 9.89 Å². The molecule has 0 bridgehead atoms. The van der Waals surface area contributed by atoms with Crippen molar-refractivity contribution in [1.82, 2.24) is 15.2 Å². The smallest absolute Gasteiger partial charge is 0.240 e. The number of methoxy groups -OCH3 is 2. The molecule has 31 heavy (non-hydrogen) atoms. The van der Waals surface area contributed by atoms with E-state index in [0.717, 1.165) is 11.3 Å². The summed E-state index contributed by atoms with van der Waals surface area (Å²) in [5, 5.41) is 16.1. The summed E-state index contributed by atoms with van der Waals surface area (Å²) in [6, 6.07) is 16.8. The Hall–Kier alpha value is -3.51. The molecule has 1 unspecified atom stereocenters. The summed E-state index contributed by atoms with van der Waals surface area (Å²) in [5.74, 6) is 1.70. The number of thioether (sulfide) groups is 1. The van der Waals surface area contributed by atoms with Crippen molar-refractivity contribution in [3.63, 3.8) is 0 Å². The highest BCUT2D eigenvalue weighted by Gasteiger charge is 2.24. The maximum Gasteiger partial charge on any atom is 0.240 e. The lowest BCUT2D eigenvalue weighted by Crippen LogP contribution is -2.37. The van der Waals surface area contributed by atoms with Gasteiger partial charge in [-0.25, -0.2) is 4.98 Å². The van der Waals surface area contributed by atoms with Crippen molar-refractivity contribution in [2.45, 2.75) is 23.8 Å². The second-order valence-corrected chi connectivity index (χ2v) is 7.83. The van der Waals surface area contributed by atoms with E-state index < -0.39 is 5.25 Å². The highest BCUT2D eigenvalue weighted by molar-refractivity contribution is 8.00. The summed E-state index contributed by atoms with van der Waals surface area (Å²) < 4.78 is 10.7. The monoisotopic (exact) mass is 437 g/mol. The number of carbonyl (C=O) groups is 1. The van der Waals surface area contributed by atoms with Crippen LogP contribution in [0, 0.1) is 11.3 Å². The number of para-hydroxylation sites is 1. The topological polar surface area (TPSA) is 104 Å². The van der Waals surface area contributed by atoms with E-state index in [1.807, 2.05) is 42.5 Å². The molecule has 0 radical (unpaired) electrons. The van der Waals surface area contributed by atoms with Crippen molar-refractivity contribution in [3.8, 4) is 29.0 Å². The minimum atomic E-state index is -0.444. The lowest BCUT2D eigenvalue weighted by Gasteiger charge is -2.24. The highest BCUT2D eigenvalue weighted by Crippen LogP contribution is 2.32. The van der Waals surface area contributed by atoms with Crippen LogP contribution in [-0.2, 0) is 4.79 Å². The van der Waals surface area contributed by atoms with E-state index in [-0.39, 0.29) is 12.3 Å². The van der Waals surface area contributed by atoms with Crippen molar-refractivity contribution in [1.29, 1.82) is 5.26 Å². The van der Waals surface area contributed by atoms with Crippen LogP contribution >= 0.6 is 11.8 Å². The minimum absolute atomic E-state index is 0.111. The number of amides is 1. The Morgan fingerprint density at radius 2 is 2.00 bits per heavy atom. The van der Waals surface area contributed by atoms with Gasteiger partial charge >= 0.3 is 0 Å². The number of rotatable bonds is 9. The molecule has 1 atom stereocenters. The number of carbonyl (C=O) groups excluding carboxylic acids is 1. The Morgan fingerprint density at radius 1 is 1.23 bits per heavy atom. The molecule has 9 heteroatoms. The third-order valence-electron chi connectivity index (χ3n) is 4.54. The standard InChI is InChI=1S/C22H23N5O3S/c1-15(21(28)27(13-7-12-23)16-8-5-4-6-9-16)31-22-24-20(25-26-22)18-11-10-17(29-2)14-19(18)30-3/h4-6,8-11,14-15H,7,13H2,1-3H3,(H,24,25,26). The molecule has 0 spiro atoms. The molecule has 0 aliphatic rings. The summed E-state index contributed by atoms with van der Waals surface area (Å²) in [5.41, 5.74) is 1.50. The van der Waals surface area contributed by atoms with Gasteiger partial charge in [0.1, 0.15) is 11.5 Å². The average Bonchev–Trinajstić information content (AvgIpc) is 3.27. The molecule has 1 aromatic heterocycles. The molecule has 1 heterocycles. The molecular weight excluding hydrogens is 414 g/mol. The Kier molecular flexibility index (Phi) is 7.51. The number of nitriles is 1. The fourth-order valence-corrected chi connectivity index (χ4v) is 3.76. The molecule has 1 N–H and O–H groups in total. The number of aromatic nitrogens is 3. The van der Waals surface area contributed by atoms with Gasteiger partial charge < -0.3 is 14.4 Å². The quantitative estimate of drug-likeness (QED) is 0.506. The lowest BCUT2D eigenvalue weighted by atomic mass is 10.2. The van der Waals surface area contributed by atoms with Gasteiger partial charge in [-0.2, -0.15) is 5.26 Å². The lowest BCUT2D eigenvalue weighted by molar-refractivity contribution is -0.117. The average molecular weight is 438 g/mol. The molecule has 2 aromatic carbocycles. The number of hydrogen-bond acceptors (Lipinski definition) is 7. The van der Waals surface area contributed by atoms with Gasteiger partial charge in [-0.15, -0.1) is 5.10 Å². The van der Waals surface area contributed by atoms with Gasteiger partial charge in [0, 0.05) is 18.3 Å². The summed E-state index contributed by atoms with van der Waals surface area (Å²) in [6.07, 6.45) is 0.250. The summed E-state index contributed by atoms with van der Waals surface area (Å²) in [7, 11) is 3.16. The first-order valence-electron chi connectivity index (χ1n) is 9.62. The van der Waals surface area contributed by atoms with Crippen molar-refractivity contribution in [2.24, 2.45) is 0 Å². The summed E-state index contributed by atoms with van der Waals surface area (Å²) in [6.45, 7) is 2.13. The minimum Gasteiger partial charge on any atom is -0.497 e. The Labute approximate surface area is 185 Å². The number of hydrogen-bond donors (Lipinski definition) is 1. The zero-order chi connectivity index (χ0) is 22.2. The van der Waals surface area contributed by atoms with Crippen LogP contribution in [0.3, 0.4) is 0 Å². The van der Waals surface area contributed by atoms with E-state index in [1.165, 1.54) is 11.8 Å². The molecule has 3 rings (SSSR count). The van der Waals surface area contributed by atoms with Crippen LogP contribution in [0.5, 0.6) is 11.5 Å². The van der Waals surface area contributed by atoms with E-state index in [0.29, 0.717) is 29.0 Å². The fourth-order valence-electron chi connectivity index (χ4n) is 2.98. The molecule has 0 saturated carbocycles. The largest absolute Gasteiger partial charge is 0.497 e. The van der Waals surface area contributed by atoms with Crippen LogP contribution in [0.4, 0.5) is 5.69 Å². The van der Waals surface area contributed by atoms with Gasteiger partial charge in [0.25, 0.3) is 0 Å². The van der Waals surface area contributed by atoms with Gasteiger partial charge in [0.2, 0.25) is 11.1 Å². The van der Waals surface area contributed by atoms with E-state index in [9.17, 15) is 4.79 Å². The molecule has 1 amide bonds. The number of benzene rings is 2. The second-order valence-electron chi connectivity index (χ2n) is 6.53. The first kappa shape index (κ1) is 22.2. The van der Waals surface area contributed by atoms with Crippen molar-refractivity contribution in [3.05, 3.63) is 48.5 Å². The number of H-pyrrole nitrogens is 1. The van der Waals surface area contributed by atoms with Gasteiger partial charge in [0.05, 0.1) is 37.5 Å². The van der Waals surface area contributed by atoms with E-state index in [1.54, 1.807) is 32.1 Å². The van der Waals surface area contributed by atoms with E-state index >= 15 is 0 Å². The van der Waals surface area contributed by atoms with Crippen LogP contribution < -0.4 is 14.4 Å². The maximum atomic E-state index is 13.1. The van der Waals surface area contributed by atoms with Gasteiger partial charge in [0.15, 0.2) is 5.82 Å². The number of nitrogens with zero attached hydrogens (tertiary/aromatic N) is 4.